The summed E-state index contributed by atoms with van der Waals surface area (Å²) in [6, 6.07) is 15.4. The Balaban J connectivity index is 1.60. The van der Waals surface area contributed by atoms with E-state index in [9.17, 15) is 4.79 Å². The third-order valence-electron chi connectivity index (χ3n) is 8.18. The predicted octanol–water partition coefficient (Wildman–Crippen LogP) is 6.74. The molecule has 0 radical (unpaired) electrons. The Labute approximate surface area is 223 Å². The Bertz CT molecular complexity index is 1560. The maximum atomic E-state index is 16.2. The number of aromatic amines is 1. The normalized spacial score (nSPS) is 16.9. The molecule has 3 aromatic carbocycles. The van der Waals surface area contributed by atoms with E-state index in [4.69, 9.17) is 9.16 Å². The lowest BCUT2D eigenvalue weighted by Crippen LogP contribution is -2.43. The number of H-pyrrole nitrogens is 1. The summed E-state index contributed by atoms with van der Waals surface area (Å²) in [5, 5.41) is 2.07. The second-order valence-corrected chi connectivity index (χ2v) is 16.6. The summed E-state index contributed by atoms with van der Waals surface area (Å²) in [6.07, 6.45) is 2.13. The van der Waals surface area contributed by atoms with Crippen LogP contribution in [0.1, 0.15) is 33.6 Å². The van der Waals surface area contributed by atoms with Gasteiger partial charge in [0.1, 0.15) is 17.9 Å². The molecule has 0 amide bonds. The molecule has 1 aliphatic heterocycles. The van der Waals surface area contributed by atoms with Gasteiger partial charge in [0.2, 0.25) is 8.32 Å². The number of likely N-dealkylation sites (N-methyl/N-ethyl adjacent to an activating group) is 1. The molecular formula is C30H36FN3O3Si. The van der Waals surface area contributed by atoms with Gasteiger partial charge in [0, 0.05) is 11.6 Å². The first-order valence-corrected chi connectivity index (χ1v) is 16.1. The van der Waals surface area contributed by atoms with Crippen LogP contribution in [0.25, 0.3) is 32.8 Å². The minimum absolute atomic E-state index is 0.000764. The fraction of sp³-hybridized carbons (Fsp3) is 0.400. The highest BCUT2D eigenvalue weighted by molar-refractivity contribution is 6.74. The fourth-order valence-corrected chi connectivity index (χ4v) is 5.82. The van der Waals surface area contributed by atoms with Crippen LogP contribution in [0.3, 0.4) is 0 Å². The minimum Gasteiger partial charge on any atom is -0.543 e. The number of hydrogen-bond acceptors (Lipinski definition) is 5. The molecule has 1 aliphatic rings. The second-order valence-electron chi connectivity index (χ2n) is 11.8. The first-order valence-electron chi connectivity index (χ1n) is 13.2. The summed E-state index contributed by atoms with van der Waals surface area (Å²) in [4.78, 5) is 22.1. The summed E-state index contributed by atoms with van der Waals surface area (Å²) in [5.74, 6) is 0.166. The molecule has 0 aliphatic carbocycles. The van der Waals surface area contributed by atoms with Gasteiger partial charge in [-0.1, -0.05) is 51.1 Å². The lowest BCUT2D eigenvalue weighted by Gasteiger charge is -2.36. The zero-order chi connectivity index (χ0) is 27.2. The van der Waals surface area contributed by atoms with Crippen molar-refractivity contribution >= 4 is 30.0 Å². The van der Waals surface area contributed by atoms with Gasteiger partial charge in [0.05, 0.1) is 5.39 Å². The Hall–Kier alpha value is -3.23. The van der Waals surface area contributed by atoms with Crippen LogP contribution in [0, 0.1) is 5.82 Å². The molecule has 200 valence electrons. The van der Waals surface area contributed by atoms with Gasteiger partial charge in [0.15, 0.2) is 5.82 Å². The summed E-state index contributed by atoms with van der Waals surface area (Å²) in [5.41, 5.74) is 0.651. The number of nitrogens with zero attached hydrogens (tertiary/aromatic N) is 2. The van der Waals surface area contributed by atoms with Gasteiger partial charge in [-0.15, -0.1) is 0 Å². The van der Waals surface area contributed by atoms with E-state index in [1.807, 2.05) is 36.4 Å². The highest BCUT2D eigenvalue weighted by atomic mass is 28.4. The van der Waals surface area contributed by atoms with E-state index in [1.165, 1.54) is 0 Å². The van der Waals surface area contributed by atoms with Gasteiger partial charge in [0.25, 0.3) is 11.6 Å². The van der Waals surface area contributed by atoms with Crippen molar-refractivity contribution in [3.63, 3.8) is 0 Å². The van der Waals surface area contributed by atoms with Crippen molar-refractivity contribution in [1.29, 1.82) is 0 Å². The molecule has 0 saturated carbocycles. The van der Waals surface area contributed by atoms with Crippen LogP contribution in [-0.4, -0.2) is 49.4 Å². The average molecular weight is 534 g/mol. The Morgan fingerprint density at radius 3 is 2.58 bits per heavy atom. The zero-order valence-electron chi connectivity index (χ0n) is 23.0. The zero-order valence-corrected chi connectivity index (χ0v) is 24.0. The number of fused-ring (bicyclic) bond motifs is 2. The molecule has 4 aromatic rings. The number of nitrogens with one attached hydrogen (secondary N) is 1. The molecule has 0 bridgehead atoms. The number of likely N-dealkylation sites (tertiary alicyclic amines) is 1. The molecule has 38 heavy (non-hydrogen) atoms. The van der Waals surface area contributed by atoms with Crippen LogP contribution >= 0.6 is 0 Å². The summed E-state index contributed by atoms with van der Waals surface area (Å²) < 4.78 is 28.6. The van der Waals surface area contributed by atoms with Crippen LogP contribution in [0.15, 0.2) is 53.3 Å². The Kier molecular flexibility index (Phi) is 6.82. The van der Waals surface area contributed by atoms with Crippen molar-refractivity contribution in [2.45, 2.75) is 57.8 Å². The quantitative estimate of drug-likeness (QED) is 0.278. The van der Waals surface area contributed by atoms with E-state index < -0.39 is 19.7 Å². The van der Waals surface area contributed by atoms with Crippen LogP contribution in [0.5, 0.6) is 11.8 Å². The van der Waals surface area contributed by atoms with Gasteiger partial charge < -0.3 is 14.1 Å². The van der Waals surface area contributed by atoms with Crippen molar-refractivity contribution in [2.24, 2.45) is 0 Å². The highest BCUT2D eigenvalue weighted by Crippen LogP contribution is 2.41. The van der Waals surface area contributed by atoms with E-state index in [2.05, 4.69) is 55.8 Å². The van der Waals surface area contributed by atoms with Crippen LogP contribution in [0.4, 0.5) is 4.39 Å². The second kappa shape index (κ2) is 9.82. The van der Waals surface area contributed by atoms with Gasteiger partial charge in [-0.2, -0.15) is 4.98 Å². The maximum Gasteiger partial charge on any atom is 0.297 e. The van der Waals surface area contributed by atoms with Crippen molar-refractivity contribution < 1.29 is 13.6 Å². The molecule has 0 spiro atoms. The predicted molar refractivity (Wildman–Crippen MR) is 154 cm³/mol. The van der Waals surface area contributed by atoms with Gasteiger partial charge in [-0.25, -0.2) is 4.39 Å². The summed E-state index contributed by atoms with van der Waals surface area (Å²) >= 11 is 0. The number of rotatable bonds is 6. The number of halogens is 1. The summed E-state index contributed by atoms with van der Waals surface area (Å²) in [7, 11) is -0.0739. The third kappa shape index (κ3) is 4.95. The molecule has 0 unspecified atom stereocenters. The molecular weight excluding hydrogens is 497 g/mol. The molecule has 5 rings (SSSR count). The molecule has 1 N–H and O–H groups in total. The topological polar surface area (TPSA) is 67.5 Å². The monoisotopic (exact) mass is 533 g/mol. The van der Waals surface area contributed by atoms with Crippen molar-refractivity contribution in [2.75, 3.05) is 20.2 Å². The Morgan fingerprint density at radius 2 is 1.87 bits per heavy atom. The first-order chi connectivity index (χ1) is 17.9. The molecule has 1 aromatic heterocycles. The van der Waals surface area contributed by atoms with Crippen molar-refractivity contribution in [3.8, 4) is 22.9 Å². The lowest BCUT2D eigenvalue weighted by atomic mass is 9.96. The van der Waals surface area contributed by atoms with Crippen molar-refractivity contribution in [3.05, 3.63) is 64.7 Å². The SMILES string of the molecule is CN1CCC[C@H]1COc1nc2c(F)c(-c3cc(O[Si](C)(C)C(C)(C)C)cc4ccccc34)ccc2c(=O)[nH]1. The van der Waals surface area contributed by atoms with Gasteiger partial charge >= 0.3 is 0 Å². The molecule has 2 heterocycles. The number of benzene rings is 3. The number of hydrogen-bond donors (Lipinski definition) is 1. The van der Waals surface area contributed by atoms with E-state index in [0.29, 0.717) is 23.5 Å². The van der Waals surface area contributed by atoms with Gasteiger partial charge in [-0.3, -0.25) is 9.78 Å². The maximum absolute atomic E-state index is 16.2. The Morgan fingerprint density at radius 1 is 1.11 bits per heavy atom. The fourth-order valence-electron chi connectivity index (χ4n) is 4.80. The average Bonchev–Trinajstić information content (AvgIpc) is 3.26. The van der Waals surface area contributed by atoms with E-state index >= 15 is 4.39 Å². The molecule has 1 saturated heterocycles. The van der Waals surface area contributed by atoms with Crippen LogP contribution < -0.4 is 14.7 Å². The minimum atomic E-state index is -2.13. The third-order valence-corrected chi connectivity index (χ3v) is 12.5. The molecule has 1 atom stereocenters. The molecule has 1 fully saturated rings. The van der Waals surface area contributed by atoms with E-state index in [1.54, 1.807) is 12.1 Å². The standard InChI is InChI=1S/C30H36FN3O3Si/c1-30(2,3)38(5,6)37-21-16-19-10-7-8-12-22(19)25(17-21)23-13-14-24-27(26(23)31)32-29(33-28(24)35)36-18-20-11-9-15-34(20)4/h7-8,10,12-14,16-17,20H,9,11,15,18H2,1-6H3,(H,32,33,35)/t20-/m0/s1. The number of ether oxygens (including phenoxy) is 1. The van der Waals surface area contributed by atoms with E-state index in [0.717, 1.165) is 30.2 Å². The largest absolute Gasteiger partial charge is 0.543 e. The van der Waals surface area contributed by atoms with Crippen LogP contribution in [0.2, 0.25) is 18.1 Å². The van der Waals surface area contributed by atoms with Gasteiger partial charge in [-0.05, 0) is 79.1 Å². The first kappa shape index (κ1) is 26.4. The summed E-state index contributed by atoms with van der Waals surface area (Å²) in [6.45, 7) is 12.4. The highest BCUT2D eigenvalue weighted by Gasteiger charge is 2.39. The smallest absolute Gasteiger partial charge is 0.297 e. The van der Waals surface area contributed by atoms with E-state index in [-0.39, 0.29) is 28.0 Å². The lowest BCUT2D eigenvalue weighted by molar-refractivity contribution is 0.188. The van der Waals surface area contributed by atoms with Crippen molar-refractivity contribution in [1.82, 2.24) is 14.9 Å². The molecule has 8 heteroatoms. The molecule has 6 nitrogen and oxygen atoms in total. The van der Waals surface area contributed by atoms with Crippen LogP contribution in [-0.2, 0) is 0 Å². The number of aromatic nitrogens is 2.